The molecule has 21 heavy (non-hydrogen) atoms. The molecule has 110 valence electrons. The van der Waals surface area contributed by atoms with Crippen LogP contribution in [0.15, 0.2) is 30.3 Å². The summed E-state index contributed by atoms with van der Waals surface area (Å²) in [7, 11) is 0. The molecule has 1 fully saturated rings. The van der Waals surface area contributed by atoms with Gasteiger partial charge in [0, 0.05) is 36.8 Å². The Bertz CT molecular complexity index is 625. The van der Waals surface area contributed by atoms with Crippen LogP contribution < -0.4 is 5.32 Å². The van der Waals surface area contributed by atoms with E-state index in [0.717, 1.165) is 25.4 Å². The van der Waals surface area contributed by atoms with Gasteiger partial charge in [0.25, 0.3) is 0 Å². The zero-order valence-electron chi connectivity index (χ0n) is 12.7. The third kappa shape index (κ3) is 2.20. The number of rotatable bonds is 3. The zero-order valence-corrected chi connectivity index (χ0v) is 12.7. The topological polar surface area (TPSA) is 29.9 Å². The molecule has 2 aromatic rings. The zero-order chi connectivity index (χ0) is 14.2. The van der Waals surface area contributed by atoms with Crippen LogP contribution in [0.1, 0.15) is 43.6 Å². The molecule has 3 nitrogen and oxygen atoms in total. The average molecular weight is 281 g/mol. The lowest BCUT2D eigenvalue weighted by Crippen LogP contribution is -2.29. The molecule has 0 bridgehead atoms. The van der Waals surface area contributed by atoms with Gasteiger partial charge in [-0.05, 0) is 25.7 Å². The fourth-order valence-corrected chi connectivity index (χ4v) is 3.70. The van der Waals surface area contributed by atoms with Crippen molar-refractivity contribution < 1.29 is 0 Å². The number of nitrogens with zero attached hydrogens (tertiary/aromatic N) is 2. The highest BCUT2D eigenvalue weighted by molar-refractivity contribution is 5.57. The highest BCUT2D eigenvalue weighted by Gasteiger charge is 2.30. The molecule has 1 atom stereocenters. The van der Waals surface area contributed by atoms with Crippen molar-refractivity contribution in [1.82, 2.24) is 14.9 Å². The molecule has 2 aliphatic rings. The number of fused-ring (bicyclic) bond motifs is 1. The van der Waals surface area contributed by atoms with E-state index in [-0.39, 0.29) is 0 Å². The van der Waals surface area contributed by atoms with E-state index in [1.165, 1.54) is 42.0 Å². The van der Waals surface area contributed by atoms with E-state index in [2.05, 4.69) is 47.1 Å². The van der Waals surface area contributed by atoms with Crippen LogP contribution in [0, 0.1) is 5.92 Å². The minimum absolute atomic E-state index is 0.573. The van der Waals surface area contributed by atoms with Crippen LogP contribution in [0.25, 0.3) is 11.4 Å². The maximum absolute atomic E-state index is 4.98. The Morgan fingerprint density at radius 3 is 2.76 bits per heavy atom. The molecule has 1 aromatic carbocycles. The largest absolute Gasteiger partial charge is 0.325 e. The SMILES string of the molecule is CC(C1CCC1)n1c(-c2ccccc2)nc2c1CCNC2. The Morgan fingerprint density at radius 2 is 2.05 bits per heavy atom. The molecule has 2 heterocycles. The van der Waals surface area contributed by atoms with E-state index in [1.807, 2.05) is 0 Å². The average Bonchev–Trinajstić information content (AvgIpc) is 2.85. The molecular weight excluding hydrogens is 258 g/mol. The Balaban J connectivity index is 1.83. The quantitative estimate of drug-likeness (QED) is 0.932. The number of imidazole rings is 1. The molecule has 1 aromatic heterocycles. The summed E-state index contributed by atoms with van der Waals surface area (Å²) in [6.07, 6.45) is 5.25. The van der Waals surface area contributed by atoms with Gasteiger partial charge >= 0.3 is 0 Å². The minimum atomic E-state index is 0.573. The van der Waals surface area contributed by atoms with E-state index >= 15 is 0 Å². The first-order valence-electron chi connectivity index (χ1n) is 8.20. The van der Waals surface area contributed by atoms with Crippen LogP contribution in [0.4, 0.5) is 0 Å². The van der Waals surface area contributed by atoms with Crippen molar-refractivity contribution >= 4 is 0 Å². The normalized spacial score (nSPS) is 19.9. The van der Waals surface area contributed by atoms with Crippen molar-refractivity contribution in [1.29, 1.82) is 0 Å². The Morgan fingerprint density at radius 1 is 1.24 bits per heavy atom. The smallest absolute Gasteiger partial charge is 0.140 e. The maximum Gasteiger partial charge on any atom is 0.140 e. The second-order valence-electron chi connectivity index (χ2n) is 6.42. The lowest BCUT2D eigenvalue weighted by Gasteiger charge is -2.34. The van der Waals surface area contributed by atoms with Crippen molar-refractivity contribution in [3.63, 3.8) is 0 Å². The first-order valence-corrected chi connectivity index (χ1v) is 8.20. The summed E-state index contributed by atoms with van der Waals surface area (Å²) in [5.74, 6) is 2.00. The standard InChI is InChI=1S/C18H23N3/c1-13(14-8-5-9-14)21-17-10-11-19-12-16(17)20-18(21)15-6-3-2-4-7-15/h2-4,6-7,13-14,19H,5,8-12H2,1H3. The van der Waals surface area contributed by atoms with Crippen molar-refractivity contribution in [2.75, 3.05) is 6.54 Å². The van der Waals surface area contributed by atoms with Crippen molar-refractivity contribution in [3.05, 3.63) is 41.7 Å². The Hall–Kier alpha value is -1.61. The second-order valence-corrected chi connectivity index (χ2v) is 6.42. The lowest BCUT2D eigenvalue weighted by atomic mass is 9.80. The minimum Gasteiger partial charge on any atom is -0.325 e. The molecule has 1 N–H and O–H groups in total. The summed E-state index contributed by atoms with van der Waals surface area (Å²) >= 11 is 0. The molecule has 1 aliphatic heterocycles. The summed E-state index contributed by atoms with van der Waals surface area (Å²) in [6.45, 7) is 4.38. The third-order valence-electron chi connectivity index (χ3n) is 5.20. The first kappa shape index (κ1) is 13.1. The monoisotopic (exact) mass is 281 g/mol. The van der Waals surface area contributed by atoms with Crippen LogP contribution in [-0.4, -0.2) is 16.1 Å². The molecule has 1 aliphatic carbocycles. The van der Waals surface area contributed by atoms with E-state index in [9.17, 15) is 0 Å². The van der Waals surface area contributed by atoms with Crippen LogP contribution in [0.2, 0.25) is 0 Å². The molecule has 0 amide bonds. The van der Waals surface area contributed by atoms with Crippen LogP contribution in [0.3, 0.4) is 0 Å². The predicted octanol–water partition coefficient (Wildman–Crippen LogP) is 3.56. The predicted molar refractivity (Wildman–Crippen MR) is 85.1 cm³/mol. The maximum atomic E-state index is 4.98. The number of nitrogens with one attached hydrogen (secondary N) is 1. The van der Waals surface area contributed by atoms with Crippen molar-refractivity contribution in [3.8, 4) is 11.4 Å². The van der Waals surface area contributed by atoms with Gasteiger partial charge in [-0.2, -0.15) is 0 Å². The first-order chi connectivity index (χ1) is 10.3. The van der Waals surface area contributed by atoms with Gasteiger partial charge in [0.05, 0.1) is 5.69 Å². The van der Waals surface area contributed by atoms with Crippen LogP contribution in [-0.2, 0) is 13.0 Å². The van der Waals surface area contributed by atoms with Crippen molar-refractivity contribution in [2.24, 2.45) is 5.92 Å². The van der Waals surface area contributed by atoms with Crippen LogP contribution in [0.5, 0.6) is 0 Å². The molecule has 0 saturated heterocycles. The number of aromatic nitrogens is 2. The fraction of sp³-hybridized carbons (Fsp3) is 0.500. The van der Waals surface area contributed by atoms with E-state index in [4.69, 9.17) is 4.98 Å². The number of hydrogen-bond donors (Lipinski definition) is 1. The van der Waals surface area contributed by atoms with Crippen LogP contribution >= 0.6 is 0 Å². The fourth-order valence-electron chi connectivity index (χ4n) is 3.70. The highest BCUT2D eigenvalue weighted by Crippen LogP contribution is 2.39. The molecule has 3 heteroatoms. The van der Waals surface area contributed by atoms with Gasteiger partial charge in [0.1, 0.15) is 5.82 Å². The molecular formula is C18H23N3. The highest BCUT2D eigenvalue weighted by atomic mass is 15.1. The van der Waals surface area contributed by atoms with Gasteiger partial charge in [0.2, 0.25) is 0 Å². The number of hydrogen-bond acceptors (Lipinski definition) is 2. The van der Waals surface area contributed by atoms with Gasteiger partial charge in [-0.1, -0.05) is 36.8 Å². The van der Waals surface area contributed by atoms with E-state index in [1.54, 1.807) is 0 Å². The summed E-state index contributed by atoms with van der Waals surface area (Å²) in [5, 5.41) is 3.45. The lowest BCUT2D eigenvalue weighted by molar-refractivity contribution is 0.220. The van der Waals surface area contributed by atoms with Gasteiger partial charge in [0.15, 0.2) is 0 Å². The molecule has 1 unspecified atom stereocenters. The van der Waals surface area contributed by atoms with Gasteiger partial charge in [-0.15, -0.1) is 0 Å². The van der Waals surface area contributed by atoms with E-state index < -0.39 is 0 Å². The second kappa shape index (κ2) is 5.30. The van der Waals surface area contributed by atoms with Gasteiger partial charge in [-0.25, -0.2) is 4.98 Å². The number of benzene rings is 1. The van der Waals surface area contributed by atoms with Crippen molar-refractivity contribution in [2.45, 2.75) is 45.2 Å². The summed E-state index contributed by atoms with van der Waals surface area (Å²) in [4.78, 5) is 4.98. The Labute approximate surface area is 126 Å². The molecule has 1 saturated carbocycles. The Kier molecular flexibility index (Phi) is 3.30. The third-order valence-corrected chi connectivity index (χ3v) is 5.20. The summed E-state index contributed by atoms with van der Waals surface area (Å²) in [5.41, 5.74) is 3.97. The molecule has 4 rings (SSSR count). The van der Waals surface area contributed by atoms with Gasteiger partial charge in [-0.3, -0.25) is 0 Å². The van der Waals surface area contributed by atoms with E-state index in [0.29, 0.717) is 6.04 Å². The molecule has 0 spiro atoms. The van der Waals surface area contributed by atoms with Gasteiger partial charge < -0.3 is 9.88 Å². The molecule has 0 radical (unpaired) electrons. The summed E-state index contributed by atoms with van der Waals surface area (Å²) in [6, 6.07) is 11.2. The summed E-state index contributed by atoms with van der Waals surface area (Å²) < 4.78 is 2.55.